The molecule has 3 rings (SSSR count). The Kier molecular flexibility index (Phi) is 3.96. The largest absolute Gasteiger partial charge is 0.375 e. The van der Waals surface area contributed by atoms with Crippen LogP contribution < -0.4 is 0 Å². The molecule has 2 saturated heterocycles. The predicted molar refractivity (Wildman–Crippen MR) is 79.1 cm³/mol. The van der Waals surface area contributed by atoms with E-state index in [9.17, 15) is 4.79 Å². The zero-order chi connectivity index (χ0) is 13.3. The Morgan fingerprint density at radius 2 is 2.26 bits per heavy atom. The highest BCUT2D eigenvalue weighted by Gasteiger charge is 2.41. The Morgan fingerprint density at radius 3 is 2.95 bits per heavy atom. The van der Waals surface area contributed by atoms with Crippen LogP contribution in [0, 0.1) is 12.8 Å². The molecule has 0 aliphatic carbocycles. The molecule has 0 radical (unpaired) electrons. The van der Waals surface area contributed by atoms with Gasteiger partial charge in [0.05, 0.1) is 15.5 Å². The van der Waals surface area contributed by atoms with Gasteiger partial charge in [-0.05, 0) is 44.1 Å². The lowest BCUT2D eigenvalue weighted by Crippen LogP contribution is -2.44. The number of thioether (sulfide) groups is 1. The van der Waals surface area contributed by atoms with Crippen LogP contribution in [-0.4, -0.2) is 34.5 Å². The summed E-state index contributed by atoms with van der Waals surface area (Å²) < 4.78 is 6.05. The topological polar surface area (TPSA) is 39.2 Å². The number of ketones is 1. The van der Waals surface area contributed by atoms with Crippen LogP contribution in [0.4, 0.5) is 0 Å². The van der Waals surface area contributed by atoms with Gasteiger partial charge in [-0.2, -0.15) is 11.8 Å². The lowest BCUT2D eigenvalue weighted by molar-refractivity contribution is -0.0959. The van der Waals surface area contributed by atoms with Crippen LogP contribution in [0.15, 0.2) is 6.20 Å². The molecule has 0 N–H and O–H groups in total. The Bertz CT molecular complexity index is 460. The van der Waals surface area contributed by atoms with Gasteiger partial charge in [0.2, 0.25) is 0 Å². The summed E-state index contributed by atoms with van der Waals surface area (Å²) in [5.41, 5.74) is -0.0104. The van der Waals surface area contributed by atoms with Crippen LogP contribution in [0.25, 0.3) is 0 Å². The molecule has 104 valence electrons. The smallest absolute Gasteiger partial charge is 0.177 e. The Hall–Kier alpha value is -0.390. The summed E-state index contributed by atoms with van der Waals surface area (Å²) in [5, 5.41) is 0.971. The number of thiazole rings is 1. The molecule has 1 unspecified atom stereocenters. The summed E-state index contributed by atoms with van der Waals surface area (Å²) in [6.45, 7) is 2.68. The van der Waals surface area contributed by atoms with Gasteiger partial charge >= 0.3 is 0 Å². The van der Waals surface area contributed by atoms with Gasteiger partial charge in [-0.3, -0.25) is 4.79 Å². The summed E-state index contributed by atoms with van der Waals surface area (Å²) in [6, 6.07) is 0. The number of rotatable bonds is 2. The SMILES string of the molecule is Cc1ncc(C(=O)C2CCOC3(CCSCC3)C2)s1. The first-order chi connectivity index (χ1) is 9.19. The fourth-order valence-corrected chi connectivity index (χ4v) is 5.05. The van der Waals surface area contributed by atoms with Crippen LogP contribution >= 0.6 is 23.1 Å². The molecule has 1 aromatic heterocycles. The highest BCUT2D eigenvalue weighted by molar-refractivity contribution is 7.99. The van der Waals surface area contributed by atoms with Crippen molar-refractivity contribution in [1.29, 1.82) is 0 Å². The molecule has 3 nitrogen and oxygen atoms in total. The maximum Gasteiger partial charge on any atom is 0.177 e. The van der Waals surface area contributed by atoms with Gasteiger partial charge in [0, 0.05) is 18.7 Å². The third kappa shape index (κ3) is 2.88. The van der Waals surface area contributed by atoms with Crippen molar-refractivity contribution < 1.29 is 9.53 Å². The van der Waals surface area contributed by atoms with Crippen molar-refractivity contribution in [3.05, 3.63) is 16.1 Å². The first-order valence-corrected chi connectivity index (χ1v) is 8.84. The quantitative estimate of drug-likeness (QED) is 0.785. The van der Waals surface area contributed by atoms with Crippen molar-refractivity contribution in [2.45, 2.75) is 38.2 Å². The van der Waals surface area contributed by atoms with E-state index in [1.54, 1.807) is 6.20 Å². The second kappa shape index (κ2) is 5.54. The normalized spacial score (nSPS) is 26.5. The highest BCUT2D eigenvalue weighted by atomic mass is 32.2. The summed E-state index contributed by atoms with van der Waals surface area (Å²) in [7, 11) is 0. The minimum atomic E-state index is -0.0104. The fourth-order valence-electron chi connectivity index (χ4n) is 3.02. The predicted octanol–water partition coefficient (Wildman–Crippen LogP) is 3.33. The number of carbonyl (C=O) groups is 1. The minimum absolute atomic E-state index is 0.0104. The molecular formula is C14H19NO2S2. The third-order valence-corrected chi connectivity index (χ3v) is 6.04. The molecule has 0 saturated carbocycles. The van der Waals surface area contributed by atoms with Gasteiger partial charge in [-0.25, -0.2) is 4.98 Å². The first-order valence-electron chi connectivity index (χ1n) is 6.87. The number of hydrogen-bond acceptors (Lipinski definition) is 5. The molecule has 5 heteroatoms. The van der Waals surface area contributed by atoms with Crippen molar-refractivity contribution in [1.82, 2.24) is 4.98 Å². The van der Waals surface area contributed by atoms with Crippen molar-refractivity contribution in [2.75, 3.05) is 18.1 Å². The van der Waals surface area contributed by atoms with Gasteiger partial charge in [0.1, 0.15) is 0 Å². The number of nitrogens with zero attached hydrogens (tertiary/aromatic N) is 1. The maximum atomic E-state index is 12.5. The van der Waals surface area contributed by atoms with Gasteiger partial charge in [0.15, 0.2) is 5.78 Å². The number of aryl methyl sites for hydroxylation is 1. The average Bonchev–Trinajstić information content (AvgIpc) is 2.85. The van der Waals surface area contributed by atoms with Crippen molar-refractivity contribution in [2.24, 2.45) is 5.92 Å². The lowest BCUT2D eigenvalue weighted by Gasteiger charge is -2.42. The van der Waals surface area contributed by atoms with E-state index in [0.29, 0.717) is 0 Å². The first kappa shape index (κ1) is 13.6. The number of aromatic nitrogens is 1. The van der Waals surface area contributed by atoms with Crippen LogP contribution in [0.2, 0.25) is 0 Å². The third-order valence-electron chi connectivity index (χ3n) is 4.13. The number of ether oxygens (including phenoxy) is 1. The van der Waals surface area contributed by atoms with Gasteiger partial charge < -0.3 is 4.74 Å². The standard InChI is InChI=1S/C14H19NO2S2/c1-10-15-9-12(19-10)13(16)11-2-5-17-14(8-11)3-6-18-7-4-14/h9,11H,2-8H2,1H3. The van der Waals surface area contributed by atoms with Gasteiger partial charge in [-0.1, -0.05) is 0 Å². The van der Waals surface area contributed by atoms with E-state index in [1.807, 2.05) is 18.7 Å². The molecule has 1 aromatic rings. The van der Waals surface area contributed by atoms with Crippen LogP contribution in [0.3, 0.4) is 0 Å². The van der Waals surface area contributed by atoms with E-state index in [2.05, 4.69) is 4.98 Å². The van der Waals surface area contributed by atoms with Gasteiger partial charge in [-0.15, -0.1) is 11.3 Å². The van der Waals surface area contributed by atoms with E-state index in [1.165, 1.54) is 22.8 Å². The summed E-state index contributed by atoms with van der Waals surface area (Å²) >= 11 is 3.52. The minimum Gasteiger partial charge on any atom is -0.375 e. The number of hydrogen-bond donors (Lipinski definition) is 0. The van der Waals surface area contributed by atoms with Gasteiger partial charge in [0.25, 0.3) is 0 Å². The van der Waals surface area contributed by atoms with Crippen LogP contribution in [0.1, 0.15) is 40.4 Å². The van der Waals surface area contributed by atoms with Crippen LogP contribution in [0.5, 0.6) is 0 Å². The second-order valence-corrected chi connectivity index (χ2v) is 7.90. The molecule has 1 atom stereocenters. The summed E-state index contributed by atoms with van der Waals surface area (Å²) in [4.78, 5) is 17.6. The molecule has 19 heavy (non-hydrogen) atoms. The number of carbonyl (C=O) groups excluding carboxylic acids is 1. The van der Waals surface area contributed by atoms with Crippen molar-refractivity contribution >= 4 is 28.9 Å². The molecule has 3 heterocycles. The average molecular weight is 297 g/mol. The molecule has 2 fully saturated rings. The van der Waals surface area contributed by atoms with Crippen molar-refractivity contribution in [3.8, 4) is 0 Å². The van der Waals surface area contributed by atoms with E-state index in [0.717, 1.165) is 42.2 Å². The van der Waals surface area contributed by atoms with E-state index >= 15 is 0 Å². The maximum absolute atomic E-state index is 12.5. The molecule has 2 aliphatic heterocycles. The molecule has 0 bridgehead atoms. The van der Waals surface area contributed by atoms with E-state index in [-0.39, 0.29) is 17.3 Å². The Morgan fingerprint density at radius 1 is 1.47 bits per heavy atom. The zero-order valence-corrected chi connectivity index (χ0v) is 12.8. The fraction of sp³-hybridized carbons (Fsp3) is 0.714. The molecule has 1 spiro atoms. The summed E-state index contributed by atoms with van der Waals surface area (Å²) in [5.74, 6) is 2.75. The van der Waals surface area contributed by atoms with Crippen LogP contribution in [-0.2, 0) is 4.74 Å². The molecule has 2 aliphatic rings. The Labute approximate surface area is 122 Å². The van der Waals surface area contributed by atoms with Crippen molar-refractivity contribution in [3.63, 3.8) is 0 Å². The molecular weight excluding hydrogens is 278 g/mol. The molecule has 0 amide bonds. The monoisotopic (exact) mass is 297 g/mol. The van der Waals surface area contributed by atoms with E-state index in [4.69, 9.17) is 4.74 Å². The molecule has 0 aromatic carbocycles. The van der Waals surface area contributed by atoms with E-state index < -0.39 is 0 Å². The highest BCUT2D eigenvalue weighted by Crippen LogP contribution is 2.40. The second-order valence-electron chi connectivity index (χ2n) is 5.44. The number of Topliss-reactive ketones (excluding diaryl/α,β-unsaturated/α-hetero) is 1. The summed E-state index contributed by atoms with van der Waals surface area (Å²) in [6.07, 6.45) is 5.71. The zero-order valence-electron chi connectivity index (χ0n) is 11.2. The lowest BCUT2D eigenvalue weighted by atomic mass is 9.80. The Balaban J connectivity index is 1.72.